The highest BCUT2D eigenvalue weighted by atomic mass is 16.2. The monoisotopic (exact) mass is 359 g/mol. The summed E-state index contributed by atoms with van der Waals surface area (Å²) in [5.74, 6) is 0.609. The van der Waals surface area contributed by atoms with Crippen molar-refractivity contribution in [2.45, 2.75) is 52.5 Å². The lowest BCUT2D eigenvalue weighted by atomic mass is 10.0. The summed E-state index contributed by atoms with van der Waals surface area (Å²) in [6.07, 6.45) is 3.36. The Morgan fingerprint density at radius 2 is 1.88 bits per heavy atom. The molecule has 5 nitrogen and oxygen atoms in total. The highest BCUT2D eigenvalue weighted by Gasteiger charge is 2.24. The Hall–Kier alpha value is -2.04. The van der Waals surface area contributed by atoms with Crippen LogP contribution in [0.4, 0.5) is 5.69 Å². The van der Waals surface area contributed by atoms with Crippen molar-refractivity contribution < 1.29 is 9.59 Å². The van der Waals surface area contributed by atoms with Gasteiger partial charge >= 0.3 is 0 Å². The number of amides is 2. The Kier molecular flexibility index (Phi) is 7.49. The lowest BCUT2D eigenvalue weighted by Crippen LogP contribution is -2.45. The Morgan fingerprint density at radius 1 is 1.23 bits per heavy atom. The summed E-state index contributed by atoms with van der Waals surface area (Å²) in [6, 6.07) is 8.10. The molecule has 0 saturated carbocycles. The SMILES string of the molecule is CCCN(C)C(=O)c1ccccc1N1CCC(NC(=O)CC(C)C)CC1. The van der Waals surface area contributed by atoms with Crippen LogP contribution in [-0.2, 0) is 4.79 Å². The van der Waals surface area contributed by atoms with Crippen LogP contribution < -0.4 is 10.2 Å². The molecule has 0 bridgehead atoms. The summed E-state index contributed by atoms with van der Waals surface area (Å²) in [5.41, 5.74) is 1.78. The van der Waals surface area contributed by atoms with Crippen LogP contribution in [0.5, 0.6) is 0 Å². The van der Waals surface area contributed by atoms with Crippen LogP contribution in [0, 0.1) is 5.92 Å². The molecule has 0 radical (unpaired) electrons. The van der Waals surface area contributed by atoms with Gasteiger partial charge in [0.05, 0.1) is 5.56 Å². The smallest absolute Gasteiger partial charge is 0.255 e. The Balaban J connectivity index is 1.99. The highest BCUT2D eigenvalue weighted by Crippen LogP contribution is 2.25. The fourth-order valence-electron chi connectivity index (χ4n) is 3.49. The van der Waals surface area contributed by atoms with E-state index in [1.807, 2.05) is 31.3 Å². The van der Waals surface area contributed by atoms with E-state index in [1.54, 1.807) is 4.90 Å². The molecule has 2 amide bonds. The molecule has 1 aliphatic heterocycles. The molecule has 2 rings (SSSR count). The quantitative estimate of drug-likeness (QED) is 0.813. The number of para-hydroxylation sites is 1. The van der Waals surface area contributed by atoms with E-state index in [-0.39, 0.29) is 17.9 Å². The van der Waals surface area contributed by atoms with Crippen LogP contribution in [0.25, 0.3) is 0 Å². The first-order valence-corrected chi connectivity index (χ1v) is 9.81. The van der Waals surface area contributed by atoms with Crippen molar-refractivity contribution in [1.29, 1.82) is 0 Å². The first kappa shape index (κ1) is 20.3. The summed E-state index contributed by atoms with van der Waals surface area (Å²) in [5, 5.41) is 3.15. The number of carbonyl (C=O) groups excluding carboxylic acids is 2. The minimum absolute atomic E-state index is 0.0785. The normalized spacial score (nSPS) is 15.2. The van der Waals surface area contributed by atoms with E-state index in [4.69, 9.17) is 0 Å². The molecule has 0 atom stereocenters. The molecule has 0 aromatic heterocycles. The molecular weight excluding hydrogens is 326 g/mol. The van der Waals surface area contributed by atoms with Gasteiger partial charge in [0.2, 0.25) is 5.91 Å². The van der Waals surface area contributed by atoms with Crippen LogP contribution in [0.3, 0.4) is 0 Å². The van der Waals surface area contributed by atoms with Gasteiger partial charge < -0.3 is 15.1 Å². The third-order valence-electron chi connectivity index (χ3n) is 4.83. The maximum atomic E-state index is 12.8. The second-order valence-electron chi connectivity index (χ2n) is 7.67. The van der Waals surface area contributed by atoms with Gasteiger partial charge in [-0.3, -0.25) is 9.59 Å². The molecule has 5 heteroatoms. The van der Waals surface area contributed by atoms with Crippen molar-refractivity contribution in [1.82, 2.24) is 10.2 Å². The third kappa shape index (κ3) is 5.48. The van der Waals surface area contributed by atoms with Gasteiger partial charge in [0.15, 0.2) is 0 Å². The van der Waals surface area contributed by atoms with Crippen molar-refractivity contribution in [3.8, 4) is 0 Å². The van der Waals surface area contributed by atoms with E-state index >= 15 is 0 Å². The van der Waals surface area contributed by atoms with Gasteiger partial charge in [0, 0.05) is 44.8 Å². The average molecular weight is 360 g/mol. The zero-order chi connectivity index (χ0) is 19.1. The van der Waals surface area contributed by atoms with Crippen LogP contribution in [0.1, 0.15) is 56.8 Å². The van der Waals surface area contributed by atoms with Crippen molar-refractivity contribution in [2.75, 3.05) is 31.6 Å². The van der Waals surface area contributed by atoms with Crippen LogP contribution in [0.2, 0.25) is 0 Å². The molecule has 1 N–H and O–H groups in total. The second kappa shape index (κ2) is 9.60. The van der Waals surface area contributed by atoms with Gasteiger partial charge in [0.1, 0.15) is 0 Å². The molecule has 0 unspecified atom stereocenters. The summed E-state index contributed by atoms with van der Waals surface area (Å²) in [7, 11) is 1.86. The number of piperidine rings is 1. The second-order valence-corrected chi connectivity index (χ2v) is 7.67. The average Bonchev–Trinajstić information content (AvgIpc) is 2.61. The fraction of sp³-hybridized carbons (Fsp3) is 0.619. The molecule has 0 spiro atoms. The predicted molar refractivity (Wildman–Crippen MR) is 107 cm³/mol. The number of nitrogens with zero attached hydrogens (tertiary/aromatic N) is 2. The number of rotatable bonds is 7. The lowest BCUT2D eigenvalue weighted by molar-refractivity contribution is -0.122. The number of hydrogen-bond donors (Lipinski definition) is 1. The van der Waals surface area contributed by atoms with Gasteiger partial charge in [-0.15, -0.1) is 0 Å². The third-order valence-corrected chi connectivity index (χ3v) is 4.83. The van der Waals surface area contributed by atoms with E-state index in [0.29, 0.717) is 12.3 Å². The Morgan fingerprint density at radius 3 is 2.50 bits per heavy atom. The van der Waals surface area contributed by atoms with E-state index in [2.05, 4.69) is 31.0 Å². The number of nitrogens with one attached hydrogen (secondary N) is 1. The number of benzene rings is 1. The summed E-state index contributed by atoms with van der Waals surface area (Å²) in [4.78, 5) is 28.8. The topological polar surface area (TPSA) is 52.7 Å². The number of carbonyl (C=O) groups is 2. The van der Waals surface area contributed by atoms with Crippen LogP contribution in [0.15, 0.2) is 24.3 Å². The molecule has 0 aliphatic carbocycles. The standard InChI is InChI=1S/C21H33N3O2/c1-5-12-23(4)21(26)18-8-6-7-9-19(18)24-13-10-17(11-14-24)22-20(25)15-16(2)3/h6-9,16-17H,5,10-15H2,1-4H3,(H,22,25). The maximum absolute atomic E-state index is 12.8. The molecular formula is C21H33N3O2. The van der Waals surface area contributed by atoms with Crippen molar-refractivity contribution in [2.24, 2.45) is 5.92 Å². The van der Waals surface area contributed by atoms with E-state index in [1.165, 1.54) is 0 Å². The molecule has 1 heterocycles. The molecule has 1 saturated heterocycles. The zero-order valence-corrected chi connectivity index (χ0v) is 16.6. The lowest BCUT2D eigenvalue weighted by Gasteiger charge is -2.35. The molecule has 1 aliphatic rings. The highest BCUT2D eigenvalue weighted by molar-refractivity contribution is 5.99. The first-order valence-electron chi connectivity index (χ1n) is 9.81. The van der Waals surface area contributed by atoms with Crippen molar-refractivity contribution >= 4 is 17.5 Å². The fourth-order valence-corrected chi connectivity index (χ4v) is 3.49. The molecule has 1 aromatic rings. The van der Waals surface area contributed by atoms with Gasteiger partial charge in [-0.05, 0) is 37.3 Å². The van der Waals surface area contributed by atoms with Crippen LogP contribution >= 0.6 is 0 Å². The molecule has 144 valence electrons. The molecule has 26 heavy (non-hydrogen) atoms. The minimum atomic E-state index is 0.0785. The predicted octanol–water partition coefficient (Wildman–Crippen LogP) is 3.30. The maximum Gasteiger partial charge on any atom is 0.255 e. The Labute approximate surface area is 157 Å². The van der Waals surface area contributed by atoms with Gasteiger partial charge in [0.25, 0.3) is 5.91 Å². The van der Waals surface area contributed by atoms with Crippen LogP contribution in [-0.4, -0.2) is 49.4 Å². The van der Waals surface area contributed by atoms with E-state index in [0.717, 1.165) is 50.1 Å². The summed E-state index contributed by atoms with van der Waals surface area (Å²) < 4.78 is 0. The molecule has 1 aromatic carbocycles. The first-order chi connectivity index (χ1) is 12.4. The van der Waals surface area contributed by atoms with Gasteiger partial charge in [-0.25, -0.2) is 0 Å². The molecule has 1 fully saturated rings. The van der Waals surface area contributed by atoms with Gasteiger partial charge in [-0.1, -0.05) is 32.9 Å². The largest absolute Gasteiger partial charge is 0.371 e. The number of hydrogen-bond acceptors (Lipinski definition) is 3. The van der Waals surface area contributed by atoms with Crippen molar-refractivity contribution in [3.05, 3.63) is 29.8 Å². The Bertz CT molecular complexity index is 607. The summed E-state index contributed by atoms with van der Waals surface area (Å²) in [6.45, 7) is 8.67. The minimum Gasteiger partial charge on any atom is -0.371 e. The zero-order valence-electron chi connectivity index (χ0n) is 16.6. The summed E-state index contributed by atoms with van der Waals surface area (Å²) >= 11 is 0. The number of anilines is 1. The van der Waals surface area contributed by atoms with Gasteiger partial charge in [-0.2, -0.15) is 0 Å². The van der Waals surface area contributed by atoms with E-state index in [9.17, 15) is 9.59 Å². The van der Waals surface area contributed by atoms with Crippen molar-refractivity contribution in [3.63, 3.8) is 0 Å². The van der Waals surface area contributed by atoms with E-state index < -0.39 is 0 Å².